The average molecular weight is 391 g/mol. The molecule has 0 heterocycles. The number of carboxylic acid groups (broad SMARTS) is 1. The maximum atomic E-state index is 12.3. The minimum atomic E-state index is -1.46. The van der Waals surface area contributed by atoms with E-state index in [4.69, 9.17) is 21.5 Å². The largest absolute Gasteiger partial charge is 0.480 e. The van der Waals surface area contributed by atoms with Gasteiger partial charge in [-0.25, -0.2) is 0 Å². The second-order valence-corrected chi connectivity index (χ2v) is 7.79. The molecule has 1 aliphatic carbocycles. The topological polar surface area (TPSA) is 159 Å². The van der Waals surface area contributed by atoms with Gasteiger partial charge in [-0.2, -0.15) is 0 Å². The van der Waals surface area contributed by atoms with Gasteiger partial charge in [-0.15, -0.1) is 0 Å². The number of benzene rings is 1. The van der Waals surface area contributed by atoms with Crippen LogP contribution in [-0.2, 0) is 16.0 Å². The van der Waals surface area contributed by atoms with Crippen molar-refractivity contribution in [2.45, 2.75) is 50.0 Å². The highest BCUT2D eigenvalue weighted by Gasteiger charge is 2.47. The number of carboxylic acids is 1. The molecule has 0 spiro atoms. The number of nitrogens with one attached hydrogen (secondary N) is 1. The Labute approximate surface area is 165 Å². The molecule has 1 aromatic rings. The van der Waals surface area contributed by atoms with Gasteiger partial charge in [0.05, 0.1) is 6.04 Å². The van der Waals surface area contributed by atoms with E-state index in [1.165, 1.54) is 0 Å². The lowest BCUT2D eigenvalue weighted by Gasteiger charge is -2.41. The Morgan fingerprint density at radius 1 is 1.25 bits per heavy atom. The molecule has 1 aliphatic rings. The minimum absolute atomic E-state index is 0.00943. The first-order chi connectivity index (χ1) is 13.2. The normalized spacial score (nSPS) is 25.7. The summed E-state index contributed by atoms with van der Waals surface area (Å²) in [4.78, 5) is 24.2. The van der Waals surface area contributed by atoms with Crippen LogP contribution in [0.1, 0.15) is 31.2 Å². The summed E-state index contributed by atoms with van der Waals surface area (Å²) in [5, 5.41) is 30.5. The first kappa shape index (κ1) is 22.4. The van der Waals surface area contributed by atoms with E-state index in [0.29, 0.717) is 19.3 Å². The van der Waals surface area contributed by atoms with Crippen molar-refractivity contribution in [2.24, 2.45) is 23.3 Å². The molecule has 0 aliphatic heterocycles. The lowest BCUT2D eigenvalue weighted by Crippen LogP contribution is -2.60. The molecule has 0 aromatic heterocycles. The van der Waals surface area contributed by atoms with Crippen molar-refractivity contribution in [2.75, 3.05) is 6.54 Å². The molecule has 0 bridgehead atoms. The molecular formula is C19H30BN3O5. The predicted molar refractivity (Wildman–Crippen MR) is 106 cm³/mol. The second-order valence-electron chi connectivity index (χ2n) is 7.79. The Balaban J connectivity index is 1.91. The number of nitrogens with two attached hydrogens (primary N) is 2. The molecular weight excluding hydrogens is 361 g/mol. The van der Waals surface area contributed by atoms with Gasteiger partial charge in [-0.3, -0.25) is 9.59 Å². The third kappa shape index (κ3) is 6.03. The molecule has 0 saturated heterocycles. The second kappa shape index (κ2) is 10.0. The van der Waals surface area contributed by atoms with Gasteiger partial charge in [0.2, 0.25) is 5.91 Å². The number of aliphatic carboxylic acids is 1. The quantitative estimate of drug-likeness (QED) is 0.316. The number of hydrogen-bond donors (Lipinski definition) is 6. The van der Waals surface area contributed by atoms with E-state index in [9.17, 15) is 14.7 Å². The monoisotopic (exact) mass is 391 g/mol. The molecule has 9 heteroatoms. The SMILES string of the molecule is N[C@@H](Cc1ccccc1)C(=O)NC[C@@H]1CC[C@@H](CCB(O)O)C[C@]1(N)C(=O)O. The number of carbonyl (C=O) groups excluding carboxylic acids is 1. The molecule has 8 nitrogen and oxygen atoms in total. The predicted octanol–water partition coefficient (Wildman–Crippen LogP) is -0.266. The summed E-state index contributed by atoms with van der Waals surface area (Å²) < 4.78 is 0. The molecule has 28 heavy (non-hydrogen) atoms. The van der Waals surface area contributed by atoms with Crippen molar-refractivity contribution in [3.8, 4) is 0 Å². The molecule has 1 amide bonds. The third-order valence-corrected chi connectivity index (χ3v) is 5.67. The molecule has 1 fully saturated rings. The standard InChI is InChI=1S/C19H30BN3O5/c21-16(10-13-4-2-1-3-5-13)17(24)23-12-15-7-6-14(8-9-20(27)28)11-19(15,22)18(25)26/h1-5,14-16,27-28H,6-12,21-22H2,(H,23,24)(H,25,26)/t14-,15-,16-,19+/m0/s1. The Bertz CT molecular complexity index is 660. The van der Waals surface area contributed by atoms with Crippen LogP contribution in [0.15, 0.2) is 30.3 Å². The highest BCUT2D eigenvalue weighted by molar-refractivity contribution is 6.40. The number of carbonyl (C=O) groups is 2. The molecule has 1 aromatic carbocycles. The number of hydrogen-bond acceptors (Lipinski definition) is 6. The lowest BCUT2D eigenvalue weighted by atomic mass is 9.66. The fourth-order valence-electron chi connectivity index (χ4n) is 3.93. The van der Waals surface area contributed by atoms with Gasteiger partial charge in [0.1, 0.15) is 5.54 Å². The van der Waals surface area contributed by atoms with Crippen LogP contribution in [-0.4, -0.2) is 52.3 Å². The summed E-state index contributed by atoms with van der Waals surface area (Å²) in [6, 6.07) is 8.72. The summed E-state index contributed by atoms with van der Waals surface area (Å²) in [6.07, 6.45) is 2.61. The molecule has 1 saturated carbocycles. The Morgan fingerprint density at radius 2 is 1.93 bits per heavy atom. The smallest absolute Gasteiger partial charge is 0.451 e. The highest BCUT2D eigenvalue weighted by Crippen LogP contribution is 2.38. The summed E-state index contributed by atoms with van der Waals surface area (Å²) in [7, 11) is -1.40. The van der Waals surface area contributed by atoms with Crippen LogP contribution >= 0.6 is 0 Å². The van der Waals surface area contributed by atoms with Crippen molar-refractivity contribution in [1.82, 2.24) is 5.32 Å². The zero-order valence-electron chi connectivity index (χ0n) is 16.0. The Morgan fingerprint density at radius 3 is 2.54 bits per heavy atom. The number of amides is 1. The van der Waals surface area contributed by atoms with Gasteiger partial charge in [0.25, 0.3) is 0 Å². The highest BCUT2D eigenvalue weighted by atomic mass is 16.4. The fraction of sp³-hybridized carbons (Fsp3) is 0.579. The zero-order valence-corrected chi connectivity index (χ0v) is 16.0. The van der Waals surface area contributed by atoms with E-state index in [2.05, 4.69) is 5.32 Å². The van der Waals surface area contributed by atoms with E-state index >= 15 is 0 Å². The van der Waals surface area contributed by atoms with Gasteiger partial charge in [-0.05, 0) is 43.5 Å². The van der Waals surface area contributed by atoms with Gasteiger partial charge < -0.3 is 31.9 Å². The van der Waals surface area contributed by atoms with Crippen LogP contribution in [0.25, 0.3) is 0 Å². The maximum Gasteiger partial charge on any atom is 0.451 e. The summed E-state index contributed by atoms with van der Waals surface area (Å²) >= 11 is 0. The van der Waals surface area contributed by atoms with Crippen LogP contribution in [0.3, 0.4) is 0 Å². The van der Waals surface area contributed by atoms with Crippen LogP contribution in [0, 0.1) is 11.8 Å². The lowest BCUT2D eigenvalue weighted by molar-refractivity contribution is -0.148. The van der Waals surface area contributed by atoms with Gasteiger partial charge in [0, 0.05) is 12.5 Å². The Kier molecular flexibility index (Phi) is 8.00. The van der Waals surface area contributed by atoms with Crippen molar-refractivity contribution in [3.63, 3.8) is 0 Å². The summed E-state index contributed by atoms with van der Waals surface area (Å²) in [5.41, 5.74) is 11.7. The summed E-state index contributed by atoms with van der Waals surface area (Å²) in [6.45, 7) is 0.152. The number of rotatable bonds is 9. The zero-order chi connectivity index (χ0) is 20.7. The van der Waals surface area contributed by atoms with Crippen LogP contribution in [0.2, 0.25) is 6.32 Å². The fourth-order valence-corrected chi connectivity index (χ4v) is 3.93. The van der Waals surface area contributed by atoms with Crippen LogP contribution < -0.4 is 16.8 Å². The average Bonchev–Trinajstić information content (AvgIpc) is 2.66. The first-order valence-corrected chi connectivity index (χ1v) is 9.68. The van der Waals surface area contributed by atoms with Gasteiger partial charge in [0.15, 0.2) is 0 Å². The van der Waals surface area contributed by atoms with Crippen molar-refractivity contribution >= 4 is 19.0 Å². The van der Waals surface area contributed by atoms with Crippen LogP contribution in [0.5, 0.6) is 0 Å². The van der Waals surface area contributed by atoms with Gasteiger partial charge in [-0.1, -0.05) is 36.8 Å². The molecule has 154 valence electrons. The van der Waals surface area contributed by atoms with E-state index in [1.807, 2.05) is 30.3 Å². The Hall–Kier alpha value is -1.94. The van der Waals surface area contributed by atoms with Crippen LogP contribution in [0.4, 0.5) is 0 Å². The van der Waals surface area contributed by atoms with Crippen molar-refractivity contribution in [3.05, 3.63) is 35.9 Å². The summed E-state index contributed by atoms with van der Waals surface area (Å²) in [5.74, 6) is -1.83. The van der Waals surface area contributed by atoms with Gasteiger partial charge >= 0.3 is 13.1 Å². The molecule has 0 radical (unpaired) electrons. The van der Waals surface area contributed by atoms with E-state index < -0.39 is 30.6 Å². The molecule has 8 N–H and O–H groups in total. The molecule has 0 unspecified atom stereocenters. The first-order valence-electron chi connectivity index (χ1n) is 9.68. The van der Waals surface area contributed by atoms with E-state index in [-0.39, 0.29) is 31.1 Å². The van der Waals surface area contributed by atoms with Crippen molar-refractivity contribution < 1.29 is 24.7 Å². The minimum Gasteiger partial charge on any atom is -0.480 e. The molecule has 4 atom stereocenters. The van der Waals surface area contributed by atoms with Crippen molar-refractivity contribution in [1.29, 1.82) is 0 Å². The van der Waals surface area contributed by atoms with E-state index in [1.54, 1.807) is 0 Å². The van der Waals surface area contributed by atoms with E-state index in [0.717, 1.165) is 12.0 Å². The maximum absolute atomic E-state index is 12.3. The third-order valence-electron chi connectivity index (χ3n) is 5.67. The molecule has 2 rings (SSSR count).